The van der Waals surface area contributed by atoms with Crippen LogP contribution in [0.2, 0.25) is 0 Å². The second-order valence-corrected chi connectivity index (χ2v) is 6.67. The highest BCUT2D eigenvalue weighted by atomic mass is 32.1. The molecule has 0 aliphatic rings. The molecule has 0 aliphatic heterocycles. The van der Waals surface area contributed by atoms with Gasteiger partial charge in [-0.25, -0.2) is 9.78 Å². The Bertz CT molecular complexity index is 745. The van der Waals surface area contributed by atoms with Gasteiger partial charge in [0.05, 0.1) is 11.6 Å². The smallest absolute Gasteiger partial charge is 0.347 e. The number of thiazole rings is 1. The van der Waals surface area contributed by atoms with Gasteiger partial charge in [-0.15, -0.1) is 11.3 Å². The molecule has 1 atom stereocenters. The minimum Gasteiger partial charge on any atom is -0.477 e. The van der Waals surface area contributed by atoms with Crippen molar-refractivity contribution in [3.63, 3.8) is 0 Å². The molecule has 0 bridgehead atoms. The minimum atomic E-state index is -1.01. The molecule has 5 nitrogen and oxygen atoms in total. The van der Waals surface area contributed by atoms with E-state index in [9.17, 15) is 9.59 Å². The van der Waals surface area contributed by atoms with Gasteiger partial charge in [0.25, 0.3) is 0 Å². The first-order valence-electron chi connectivity index (χ1n) is 8.01. The fraction of sp³-hybridized carbons (Fsp3) is 0.389. The van der Waals surface area contributed by atoms with Crippen molar-refractivity contribution in [1.82, 2.24) is 4.98 Å². The Morgan fingerprint density at radius 3 is 2.29 bits per heavy atom. The quantitative estimate of drug-likeness (QED) is 0.828. The Morgan fingerprint density at radius 2 is 1.83 bits per heavy atom. The largest absolute Gasteiger partial charge is 0.477 e. The highest BCUT2D eigenvalue weighted by Crippen LogP contribution is 2.28. The summed E-state index contributed by atoms with van der Waals surface area (Å²) in [6.07, 6.45) is 1.66. The lowest BCUT2D eigenvalue weighted by molar-refractivity contribution is -0.117. The molecule has 0 fully saturated rings. The highest BCUT2D eigenvalue weighted by Gasteiger charge is 2.23. The predicted octanol–water partition coefficient (Wildman–Crippen LogP) is 4.02. The van der Waals surface area contributed by atoms with Crippen LogP contribution in [-0.2, 0) is 17.6 Å². The van der Waals surface area contributed by atoms with E-state index in [1.54, 1.807) is 13.8 Å². The molecule has 2 rings (SSSR count). The summed E-state index contributed by atoms with van der Waals surface area (Å²) in [6, 6.07) is 6.02. The highest BCUT2D eigenvalue weighted by molar-refractivity contribution is 7.13. The average molecular weight is 346 g/mol. The van der Waals surface area contributed by atoms with Crippen LogP contribution in [0.3, 0.4) is 0 Å². The number of anilines is 1. The van der Waals surface area contributed by atoms with Crippen LogP contribution in [0.5, 0.6) is 0 Å². The van der Waals surface area contributed by atoms with E-state index in [2.05, 4.69) is 24.1 Å². The maximum Gasteiger partial charge on any atom is 0.347 e. The number of amides is 1. The lowest BCUT2D eigenvalue weighted by Gasteiger charge is -2.16. The van der Waals surface area contributed by atoms with Crippen LogP contribution in [-0.4, -0.2) is 22.0 Å². The van der Waals surface area contributed by atoms with Gasteiger partial charge in [-0.1, -0.05) is 32.0 Å². The number of benzene rings is 1. The summed E-state index contributed by atoms with van der Waals surface area (Å²) in [5.41, 5.74) is 3.50. The summed E-state index contributed by atoms with van der Waals surface area (Å²) in [5, 5.41) is 12.7. The molecule has 2 N–H and O–H groups in total. The molecule has 128 valence electrons. The molecule has 0 aliphatic carbocycles. The number of carboxylic acids is 1. The van der Waals surface area contributed by atoms with Crippen molar-refractivity contribution in [2.75, 3.05) is 5.32 Å². The number of nitrogens with zero attached hydrogens (tertiary/aromatic N) is 1. The third kappa shape index (κ3) is 3.64. The number of carbonyl (C=O) groups is 2. The number of aromatic nitrogens is 1. The number of para-hydroxylation sites is 1. The van der Waals surface area contributed by atoms with Crippen molar-refractivity contribution >= 4 is 28.9 Å². The van der Waals surface area contributed by atoms with Crippen molar-refractivity contribution in [2.45, 2.75) is 46.5 Å². The van der Waals surface area contributed by atoms with Crippen LogP contribution in [0.25, 0.3) is 0 Å². The number of hydrogen-bond acceptors (Lipinski definition) is 4. The number of carboxylic acid groups (broad SMARTS) is 1. The van der Waals surface area contributed by atoms with Crippen LogP contribution < -0.4 is 5.32 Å². The molecule has 1 aromatic heterocycles. The average Bonchev–Trinajstić information content (AvgIpc) is 2.96. The molecule has 0 spiro atoms. The van der Waals surface area contributed by atoms with Crippen molar-refractivity contribution in [1.29, 1.82) is 0 Å². The number of nitrogens with one attached hydrogen (secondary N) is 1. The molecule has 0 saturated carbocycles. The SMILES string of the molecule is CCc1cccc(CC)c1NC(=O)[C@@H](C)c1nc(C)c(C(=O)O)s1. The normalized spacial score (nSPS) is 12.0. The summed E-state index contributed by atoms with van der Waals surface area (Å²) in [4.78, 5) is 28.2. The van der Waals surface area contributed by atoms with Crippen LogP contribution in [0.1, 0.15) is 58.2 Å². The molecular formula is C18H22N2O3S. The maximum absolute atomic E-state index is 12.6. The lowest BCUT2D eigenvalue weighted by atomic mass is 10.0. The molecule has 0 radical (unpaired) electrons. The van der Waals surface area contributed by atoms with E-state index < -0.39 is 11.9 Å². The first-order valence-corrected chi connectivity index (χ1v) is 8.82. The van der Waals surface area contributed by atoms with Gasteiger partial charge in [0.2, 0.25) is 5.91 Å². The second-order valence-electron chi connectivity index (χ2n) is 5.64. The standard InChI is InChI=1S/C18H22N2O3S/c1-5-12-8-7-9-13(6-2)14(12)20-16(21)10(3)17-19-11(4)15(24-17)18(22)23/h7-10H,5-6H2,1-4H3,(H,20,21)(H,22,23)/t10-/m1/s1. The number of rotatable bonds is 6. The van der Waals surface area contributed by atoms with E-state index in [1.165, 1.54) is 0 Å². The Hall–Kier alpha value is -2.21. The Kier molecular flexibility index (Phi) is 5.72. The predicted molar refractivity (Wildman–Crippen MR) is 96.1 cm³/mol. The van der Waals surface area contributed by atoms with Gasteiger partial charge in [-0.2, -0.15) is 0 Å². The second kappa shape index (κ2) is 7.57. The van der Waals surface area contributed by atoms with Gasteiger partial charge in [-0.05, 0) is 37.8 Å². The molecule has 1 aromatic carbocycles. The van der Waals surface area contributed by atoms with Crippen molar-refractivity contribution in [2.24, 2.45) is 0 Å². The number of aromatic carboxylic acids is 1. The molecular weight excluding hydrogens is 324 g/mol. The molecule has 0 saturated heterocycles. The zero-order valence-electron chi connectivity index (χ0n) is 14.3. The van der Waals surface area contributed by atoms with Crippen molar-refractivity contribution in [3.8, 4) is 0 Å². The summed E-state index contributed by atoms with van der Waals surface area (Å²) < 4.78 is 0. The summed E-state index contributed by atoms with van der Waals surface area (Å²) in [7, 11) is 0. The minimum absolute atomic E-state index is 0.170. The van der Waals surface area contributed by atoms with Crippen molar-refractivity contribution < 1.29 is 14.7 Å². The van der Waals surface area contributed by atoms with Crippen LogP contribution in [0, 0.1) is 6.92 Å². The molecule has 0 unspecified atom stereocenters. The summed E-state index contributed by atoms with van der Waals surface area (Å²) in [5.74, 6) is -1.68. The van der Waals surface area contributed by atoms with E-state index in [-0.39, 0.29) is 10.8 Å². The molecule has 24 heavy (non-hydrogen) atoms. The van der Waals surface area contributed by atoms with Gasteiger partial charge in [-0.3, -0.25) is 4.79 Å². The third-order valence-corrected chi connectivity index (χ3v) is 5.35. The zero-order chi connectivity index (χ0) is 17.9. The Morgan fingerprint density at radius 1 is 1.25 bits per heavy atom. The Balaban J connectivity index is 2.27. The molecule has 6 heteroatoms. The van der Waals surface area contributed by atoms with Crippen molar-refractivity contribution in [3.05, 3.63) is 44.9 Å². The van der Waals surface area contributed by atoms with Gasteiger partial charge < -0.3 is 10.4 Å². The van der Waals surface area contributed by atoms with Gasteiger partial charge >= 0.3 is 5.97 Å². The topological polar surface area (TPSA) is 79.3 Å². The monoisotopic (exact) mass is 346 g/mol. The summed E-state index contributed by atoms with van der Waals surface area (Å²) >= 11 is 1.06. The fourth-order valence-corrected chi connectivity index (χ4v) is 3.50. The molecule has 2 aromatic rings. The van der Waals surface area contributed by atoms with Gasteiger partial charge in [0.15, 0.2) is 0 Å². The lowest BCUT2D eigenvalue weighted by Crippen LogP contribution is -2.20. The molecule has 1 amide bonds. The number of hydrogen-bond donors (Lipinski definition) is 2. The number of carbonyl (C=O) groups excluding carboxylic acids is 1. The van der Waals surface area contributed by atoms with E-state index in [4.69, 9.17) is 5.11 Å². The van der Waals surface area contributed by atoms with Gasteiger partial charge in [0, 0.05) is 5.69 Å². The van der Waals surface area contributed by atoms with Crippen LogP contribution in [0.4, 0.5) is 5.69 Å². The first kappa shape index (κ1) is 18.1. The first-order chi connectivity index (χ1) is 11.4. The third-order valence-electron chi connectivity index (χ3n) is 4.02. The van der Waals surface area contributed by atoms with Gasteiger partial charge in [0.1, 0.15) is 9.88 Å². The summed E-state index contributed by atoms with van der Waals surface area (Å²) in [6.45, 7) is 7.50. The Labute approximate surface area is 145 Å². The van der Waals surface area contributed by atoms with E-state index >= 15 is 0 Å². The van der Waals surface area contributed by atoms with E-state index in [0.717, 1.165) is 41.0 Å². The van der Waals surface area contributed by atoms with E-state index in [1.807, 2.05) is 18.2 Å². The van der Waals surface area contributed by atoms with E-state index in [0.29, 0.717) is 10.7 Å². The maximum atomic E-state index is 12.6. The van der Waals surface area contributed by atoms with Crippen LogP contribution in [0.15, 0.2) is 18.2 Å². The zero-order valence-corrected chi connectivity index (χ0v) is 15.2. The fourth-order valence-electron chi connectivity index (χ4n) is 2.55. The van der Waals surface area contributed by atoms with Crippen LogP contribution >= 0.6 is 11.3 Å². The molecule has 1 heterocycles. The number of aryl methyl sites for hydroxylation is 3.